The summed E-state index contributed by atoms with van der Waals surface area (Å²) in [5.74, 6) is 4.19. The molecule has 5 atom stereocenters. The average Bonchev–Trinajstić information content (AvgIpc) is 2.49. The molecule has 0 heteroatoms. The van der Waals surface area contributed by atoms with Gasteiger partial charge in [-0.3, -0.25) is 0 Å². The van der Waals surface area contributed by atoms with Crippen molar-refractivity contribution in [1.82, 2.24) is 0 Å². The molecule has 1 aromatic carbocycles. The van der Waals surface area contributed by atoms with Gasteiger partial charge < -0.3 is 0 Å². The molecule has 122 valence electrons. The Bertz CT molecular complexity index is 541. The summed E-state index contributed by atoms with van der Waals surface area (Å²) in [7, 11) is 0. The molecule has 0 radical (unpaired) electrons. The van der Waals surface area contributed by atoms with Crippen LogP contribution in [0.15, 0.2) is 18.2 Å². The van der Waals surface area contributed by atoms with Crippen molar-refractivity contribution in [1.29, 1.82) is 0 Å². The zero-order chi connectivity index (χ0) is 16.1. The Morgan fingerprint density at radius 3 is 2.55 bits per heavy atom. The number of rotatable bonds is 2. The molecular weight excluding hydrogens is 264 g/mol. The van der Waals surface area contributed by atoms with Gasteiger partial charge in [-0.15, -0.1) is 0 Å². The van der Waals surface area contributed by atoms with E-state index >= 15 is 0 Å². The minimum atomic E-state index is 0.525. The molecule has 22 heavy (non-hydrogen) atoms. The van der Waals surface area contributed by atoms with Gasteiger partial charge in [0.2, 0.25) is 0 Å². The molecule has 0 N–H and O–H groups in total. The number of aryl methyl sites for hydroxylation is 2. The first-order valence-corrected chi connectivity index (χ1v) is 9.44. The lowest BCUT2D eigenvalue weighted by Gasteiger charge is -2.54. The highest BCUT2D eigenvalue weighted by Crippen LogP contribution is 2.58. The Kier molecular flexibility index (Phi) is 4.16. The fourth-order valence-electron chi connectivity index (χ4n) is 5.62. The van der Waals surface area contributed by atoms with Crippen molar-refractivity contribution in [3.05, 3.63) is 34.9 Å². The van der Waals surface area contributed by atoms with Crippen LogP contribution in [0.4, 0.5) is 0 Å². The van der Waals surface area contributed by atoms with E-state index in [9.17, 15) is 0 Å². The van der Waals surface area contributed by atoms with Crippen LogP contribution in [0.1, 0.15) is 76.5 Å². The molecule has 1 aromatic rings. The summed E-state index contributed by atoms with van der Waals surface area (Å²) in [5.41, 5.74) is 5.29. The topological polar surface area (TPSA) is 0 Å². The molecule has 5 unspecified atom stereocenters. The Hall–Kier alpha value is -0.780. The molecule has 0 aromatic heterocycles. The number of benzene rings is 1. The van der Waals surface area contributed by atoms with Crippen LogP contribution in [0.2, 0.25) is 0 Å². The SMILES string of the molecule is Cc1ccc2c(c1)CCC1C2CCC(C)(C(C)C(C)C)C1C. The van der Waals surface area contributed by atoms with Crippen molar-refractivity contribution in [3.63, 3.8) is 0 Å². The van der Waals surface area contributed by atoms with Gasteiger partial charge in [-0.05, 0) is 78.7 Å². The smallest absolute Gasteiger partial charge is 0.0128 e. The van der Waals surface area contributed by atoms with Crippen molar-refractivity contribution in [2.75, 3.05) is 0 Å². The van der Waals surface area contributed by atoms with Crippen molar-refractivity contribution in [2.45, 2.75) is 73.1 Å². The molecule has 0 heterocycles. The molecule has 1 fully saturated rings. The van der Waals surface area contributed by atoms with E-state index < -0.39 is 0 Å². The molecule has 0 spiro atoms. The lowest BCUT2D eigenvalue weighted by Crippen LogP contribution is -2.45. The zero-order valence-corrected chi connectivity index (χ0v) is 15.4. The van der Waals surface area contributed by atoms with Gasteiger partial charge in [0.05, 0.1) is 0 Å². The Balaban J connectivity index is 1.90. The summed E-state index contributed by atoms with van der Waals surface area (Å²) in [6.07, 6.45) is 5.51. The standard InChI is InChI=1S/C22H34/c1-14(2)16(4)22(6)12-11-21-19(17(22)5)10-8-18-13-15(3)7-9-20(18)21/h7,9,13-14,16-17,19,21H,8,10-12H2,1-6H3. The molecule has 2 aliphatic rings. The van der Waals surface area contributed by atoms with E-state index in [1.54, 1.807) is 11.1 Å². The third-order valence-electron chi connectivity index (χ3n) is 7.68. The second-order valence-corrected chi connectivity index (χ2v) is 8.88. The maximum Gasteiger partial charge on any atom is -0.0128 e. The fraction of sp³-hybridized carbons (Fsp3) is 0.727. The van der Waals surface area contributed by atoms with Gasteiger partial charge in [0.25, 0.3) is 0 Å². The maximum atomic E-state index is 2.59. The van der Waals surface area contributed by atoms with Crippen molar-refractivity contribution in [3.8, 4) is 0 Å². The number of hydrogen-bond donors (Lipinski definition) is 0. The molecule has 0 saturated heterocycles. The Labute approximate surface area is 137 Å². The van der Waals surface area contributed by atoms with Crippen LogP contribution in [0.25, 0.3) is 0 Å². The van der Waals surface area contributed by atoms with Crippen LogP contribution >= 0.6 is 0 Å². The van der Waals surface area contributed by atoms with Crippen LogP contribution in [0.5, 0.6) is 0 Å². The van der Waals surface area contributed by atoms with Gasteiger partial charge in [0.1, 0.15) is 0 Å². The number of hydrogen-bond acceptors (Lipinski definition) is 0. The average molecular weight is 299 g/mol. The molecule has 0 amide bonds. The Morgan fingerprint density at radius 1 is 1.14 bits per heavy atom. The summed E-state index contributed by atoms with van der Waals surface area (Å²) < 4.78 is 0. The molecule has 2 aliphatic carbocycles. The van der Waals surface area contributed by atoms with Gasteiger partial charge in [-0.1, -0.05) is 58.4 Å². The largest absolute Gasteiger partial charge is 0.0625 e. The minimum Gasteiger partial charge on any atom is -0.0625 e. The van der Waals surface area contributed by atoms with E-state index in [4.69, 9.17) is 0 Å². The summed E-state index contributed by atoms with van der Waals surface area (Å²) in [6, 6.07) is 7.22. The van der Waals surface area contributed by atoms with Gasteiger partial charge >= 0.3 is 0 Å². The monoisotopic (exact) mass is 298 g/mol. The second kappa shape index (κ2) is 5.69. The predicted molar refractivity (Wildman–Crippen MR) is 96.2 cm³/mol. The predicted octanol–water partition coefficient (Wildman–Crippen LogP) is 6.37. The van der Waals surface area contributed by atoms with Crippen LogP contribution < -0.4 is 0 Å². The highest BCUT2D eigenvalue weighted by Gasteiger charge is 2.48. The van der Waals surface area contributed by atoms with Gasteiger partial charge in [0.15, 0.2) is 0 Å². The van der Waals surface area contributed by atoms with E-state index in [-0.39, 0.29) is 0 Å². The van der Waals surface area contributed by atoms with E-state index in [0.29, 0.717) is 5.41 Å². The second-order valence-electron chi connectivity index (χ2n) is 8.88. The molecule has 0 bridgehead atoms. The maximum absolute atomic E-state index is 2.59. The summed E-state index contributed by atoms with van der Waals surface area (Å²) >= 11 is 0. The van der Waals surface area contributed by atoms with Crippen molar-refractivity contribution < 1.29 is 0 Å². The minimum absolute atomic E-state index is 0.525. The van der Waals surface area contributed by atoms with Crippen molar-refractivity contribution in [2.24, 2.45) is 29.1 Å². The first kappa shape index (κ1) is 16.1. The van der Waals surface area contributed by atoms with Crippen LogP contribution in [-0.2, 0) is 6.42 Å². The van der Waals surface area contributed by atoms with Crippen LogP contribution in [-0.4, -0.2) is 0 Å². The first-order valence-electron chi connectivity index (χ1n) is 9.44. The fourth-order valence-corrected chi connectivity index (χ4v) is 5.62. The molecule has 3 rings (SSSR count). The summed E-state index contributed by atoms with van der Waals surface area (Å²) in [4.78, 5) is 0. The normalized spacial score (nSPS) is 35.9. The lowest BCUT2D eigenvalue weighted by atomic mass is 9.51. The van der Waals surface area contributed by atoms with E-state index in [2.05, 4.69) is 59.7 Å². The molecular formula is C22H34. The van der Waals surface area contributed by atoms with Crippen LogP contribution in [0.3, 0.4) is 0 Å². The number of fused-ring (bicyclic) bond motifs is 3. The highest BCUT2D eigenvalue weighted by atomic mass is 14.5. The first-order chi connectivity index (χ1) is 10.3. The zero-order valence-electron chi connectivity index (χ0n) is 15.4. The van der Waals surface area contributed by atoms with E-state index in [0.717, 1.165) is 29.6 Å². The Morgan fingerprint density at radius 2 is 1.86 bits per heavy atom. The van der Waals surface area contributed by atoms with Crippen molar-refractivity contribution >= 4 is 0 Å². The van der Waals surface area contributed by atoms with Gasteiger partial charge in [-0.25, -0.2) is 0 Å². The van der Waals surface area contributed by atoms with Gasteiger partial charge in [-0.2, -0.15) is 0 Å². The molecule has 1 saturated carbocycles. The van der Waals surface area contributed by atoms with Gasteiger partial charge in [0, 0.05) is 0 Å². The van der Waals surface area contributed by atoms with E-state index in [1.807, 2.05) is 0 Å². The summed E-state index contributed by atoms with van der Waals surface area (Å²) in [5, 5.41) is 0. The summed E-state index contributed by atoms with van der Waals surface area (Å²) in [6.45, 7) is 14.7. The van der Waals surface area contributed by atoms with Crippen LogP contribution in [0, 0.1) is 36.0 Å². The molecule has 0 aliphatic heterocycles. The quantitative estimate of drug-likeness (QED) is 0.595. The lowest BCUT2D eigenvalue weighted by molar-refractivity contribution is -0.0162. The highest BCUT2D eigenvalue weighted by molar-refractivity contribution is 5.37. The van der Waals surface area contributed by atoms with E-state index in [1.165, 1.54) is 31.2 Å². The molecule has 0 nitrogen and oxygen atoms in total. The third-order valence-corrected chi connectivity index (χ3v) is 7.68. The third kappa shape index (κ3) is 2.43.